The highest BCUT2D eigenvalue weighted by Crippen LogP contribution is 2.18. The van der Waals surface area contributed by atoms with Crippen LogP contribution in [0.1, 0.15) is 41.8 Å². The van der Waals surface area contributed by atoms with E-state index in [0.29, 0.717) is 0 Å². The lowest BCUT2D eigenvalue weighted by Crippen LogP contribution is -2.22. The Morgan fingerprint density at radius 3 is 2.76 bits per heavy atom. The van der Waals surface area contributed by atoms with E-state index in [4.69, 9.17) is 0 Å². The fourth-order valence-corrected chi connectivity index (χ4v) is 2.60. The van der Waals surface area contributed by atoms with E-state index in [1.165, 1.54) is 6.42 Å². The van der Waals surface area contributed by atoms with E-state index in [9.17, 15) is 4.79 Å². The van der Waals surface area contributed by atoms with Gasteiger partial charge in [0, 0.05) is 16.8 Å². The van der Waals surface area contributed by atoms with Crippen LogP contribution in [0, 0.1) is 13.8 Å². The van der Waals surface area contributed by atoms with Crippen LogP contribution in [-0.2, 0) is 12.8 Å². The summed E-state index contributed by atoms with van der Waals surface area (Å²) < 4.78 is 1.61. The Labute approximate surface area is 99.7 Å². The largest absolute Gasteiger partial charge is 0.294 e. The lowest BCUT2D eigenvalue weighted by atomic mass is 10.1. The van der Waals surface area contributed by atoms with Gasteiger partial charge in [-0.2, -0.15) is 0 Å². The van der Waals surface area contributed by atoms with Gasteiger partial charge in [-0.05, 0) is 39.5 Å². The van der Waals surface area contributed by atoms with Gasteiger partial charge in [0.1, 0.15) is 0 Å². The zero-order valence-corrected chi connectivity index (χ0v) is 10.3. The molecule has 2 aromatic rings. The molecule has 2 aromatic heterocycles. The van der Waals surface area contributed by atoms with Crippen LogP contribution >= 0.6 is 0 Å². The molecule has 0 radical (unpaired) electrons. The molecule has 4 heteroatoms. The second kappa shape index (κ2) is 3.72. The summed E-state index contributed by atoms with van der Waals surface area (Å²) >= 11 is 0. The lowest BCUT2D eigenvalue weighted by molar-refractivity contribution is 0.708. The molecule has 1 aliphatic carbocycles. The molecule has 0 saturated carbocycles. The van der Waals surface area contributed by atoms with Crippen LogP contribution < -0.4 is 5.56 Å². The third-order valence-corrected chi connectivity index (χ3v) is 3.78. The van der Waals surface area contributed by atoms with E-state index in [2.05, 4.69) is 10.1 Å². The number of nitrogens with zero attached hydrogens (tertiary/aromatic N) is 2. The van der Waals surface area contributed by atoms with Crippen molar-refractivity contribution in [1.82, 2.24) is 14.6 Å². The maximum Gasteiger partial charge on any atom is 0.276 e. The Hall–Kier alpha value is -1.58. The van der Waals surface area contributed by atoms with Gasteiger partial charge in [-0.1, -0.05) is 6.42 Å². The molecule has 0 fully saturated rings. The number of hydrogen-bond donors (Lipinski definition) is 1. The van der Waals surface area contributed by atoms with Crippen molar-refractivity contribution in [3.8, 4) is 0 Å². The highest BCUT2D eigenvalue weighted by Gasteiger charge is 2.17. The number of H-pyrrole nitrogens is 1. The molecular formula is C13H17N3O. The van der Waals surface area contributed by atoms with Crippen molar-refractivity contribution < 1.29 is 0 Å². The Balaban J connectivity index is 2.37. The smallest absolute Gasteiger partial charge is 0.276 e. The molecule has 2 heterocycles. The highest BCUT2D eigenvalue weighted by molar-refractivity contribution is 5.50. The first kappa shape index (κ1) is 10.6. The summed E-state index contributed by atoms with van der Waals surface area (Å²) in [7, 11) is 0. The van der Waals surface area contributed by atoms with Crippen LogP contribution in [0.15, 0.2) is 4.79 Å². The first-order chi connectivity index (χ1) is 8.18. The zero-order chi connectivity index (χ0) is 12.0. The van der Waals surface area contributed by atoms with Gasteiger partial charge in [0.2, 0.25) is 0 Å². The average molecular weight is 231 g/mol. The number of aromatic amines is 1. The molecule has 0 spiro atoms. The van der Waals surface area contributed by atoms with Gasteiger partial charge in [-0.15, -0.1) is 0 Å². The van der Waals surface area contributed by atoms with Gasteiger partial charge in [-0.3, -0.25) is 9.89 Å². The maximum absolute atomic E-state index is 12.4. The van der Waals surface area contributed by atoms with Gasteiger partial charge in [0.05, 0.1) is 5.69 Å². The standard InChI is InChI=1S/C13H17N3O/c1-8-9(2)15-16-12(8)14-11-7-5-3-4-6-10(11)13(16)17/h15H,3-7H2,1-2H3. The number of aryl methyl sites for hydroxylation is 3. The molecule has 90 valence electrons. The number of rotatable bonds is 0. The molecule has 1 aliphatic rings. The first-order valence-electron chi connectivity index (χ1n) is 6.28. The predicted octanol–water partition coefficient (Wildman–Crippen LogP) is 1.91. The van der Waals surface area contributed by atoms with Crippen LogP contribution in [0.3, 0.4) is 0 Å². The number of aromatic nitrogens is 3. The van der Waals surface area contributed by atoms with Crippen molar-refractivity contribution in [2.24, 2.45) is 0 Å². The van der Waals surface area contributed by atoms with Crippen LogP contribution in [0.2, 0.25) is 0 Å². The van der Waals surface area contributed by atoms with E-state index >= 15 is 0 Å². The molecule has 0 aromatic carbocycles. The zero-order valence-electron chi connectivity index (χ0n) is 10.3. The summed E-state index contributed by atoms with van der Waals surface area (Å²) in [6.45, 7) is 3.99. The summed E-state index contributed by atoms with van der Waals surface area (Å²) in [5, 5.41) is 3.11. The van der Waals surface area contributed by atoms with Crippen molar-refractivity contribution in [3.63, 3.8) is 0 Å². The fraction of sp³-hybridized carbons (Fsp3) is 0.538. The van der Waals surface area contributed by atoms with Gasteiger partial charge < -0.3 is 0 Å². The number of hydrogen-bond acceptors (Lipinski definition) is 2. The van der Waals surface area contributed by atoms with Gasteiger partial charge in [0.15, 0.2) is 5.65 Å². The number of nitrogens with one attached hydrogen (secondary N) is 1. The van der Waals surface area contributed by atoms with Gasteiger partial charge in [0.25, 0.3) is 5.56 Å². The quantitative estimate of drug-likeness (QED) is 0.704. The second-order valence-electron chi connectivity index (χ2n) is 4.92. The van der Waals surface area contributed by atoms with Crippen molar-refractivity contribution >= 4 is 5.65 Å². The Kier molecular flexibility index (Phi) is 2.31. The molecule has 0 saturated heterocycles. The minimum atomic E-state index is 0.100. The summed E-state index contributed by atoms with van der Waals surface area (Å²) in [5.41, 5.74) is 4.94. The van der Waals surface area contributed by atoms with E-state index < -0.39 is 0 Å². The van der Waals surface area contributed by atoms with Gasteiger partial charge in [-0.25, -0.2) is 9.50 Å². The summed E-state index contributed by atoms with van der Waals surface area (Å²) in [6, 6.07) is 0. The SMILES string of the molecule is Cc1[nH]n2c(=O)c3c(nc2c1C)CCCCC3. The Morgan fingerprint density at radius 1 is 1.18 bits per heavy atom. The Bertz CT molecular complexity index is 636. The van der Waals surface area contributed by atoms with Crippen LogP contribution in [-0.4, -0.2) is 14.6 Å². The van der Waals surface area contributed by atoms with E-state index in [-0.39, 0.29) is 5.56 Å². The molecule has 17 heavy (non-hydrogen) atoms. The summed E-state index contributed by atoms with van der Waals surface area (Å²) in [4.78, 5) is 17.1. The monoisotopic (exact) mass is 231 g/mol. The average Bonchev–Trinajstić information content (AvgIpc) is 2.54. The minimum absolute atomic E-state index is 0.100. The van der Waals surface area contributed by atoms with E-state index in [1.54, 1.807) is 4.52 Å². The van der Waals surface area contributed by atoms with E-state index in [0.717, 1.165) is 53.8 Å². The van der Waals surface area contributed by atoms with Crippen molar-refractivity contribution in [1.29, 1.82) is 0 Å². The molecule has 0 atom stereocenters. The lowest BCUT2D eigenvalue weighted by Gasteiger charge is -2.04. The minimum Gasteiger partial charge on any atom is -0.294 e. The molecule has 0 aliphatic heterocycles. The summed E-state index contributed by atoms with van der Waals surface area (Å²) in [5.74, 6) is 0. The topological polar surface area (TPSA) is 50.2 Å². The third kappa shape index (κ3) is 1.51. The number of fused-ring (bicyclic) bond motifs is 2. The van der Waals surface area contributed by atoms with Crippen LogP contribution in [0.5, 0.6) is 0 Å². The molecule has 0 amide bonds. The van der Waals surface area contributed by atoms with Crippen molar-refractivity contribution in [2.45, 2.75) is 46.0 Å². The first-order valence-corrected chi connectivity index (χ1v) is 6.28. The summed E-state index contributed by atoms with van der Waals surface area (Å²) in [6.07, 6.45) is 5.28. The van der Waals surface area contributed by atoms with Crippen molar-refractivity contribution in [3.05, 3.63) is 32.9 Å². The molecule has 0 unspecified atom stereocenters. The highest BCUT2D eigenvalue weighted by atomic mass is 16.1. The fourth-order valence-electron chi connectivity index (χ4n) is 2.60. The van der Waals surface area contributed by atoms with Crippen LogP contribution in [0.4, 0.5) is 0 Å². The molecule has 4 nitrogen and oxygen atoms in total. The normalized spacial score (nSPS) is 15.9. The Morgan fingerprint density at radius 2 is 1.94 bits per heavy atom. The third-order valence-electron chi connectivity index (χ3n) is 3.78. The van der Waals surface area contributed by atoms with Crippen molar-refractivity contribution in [2.75, 3.05) is 0 Å². The predicted molar refractivity (Wildman–Crippen MR) is 66.5 cm³/mol. The molecule has 3 rings (SSSR count). The molecular weight excluding hydrogens is 214 g/mol. The molecule has 0 bridgehead atoms. The van der Waals surface area contributed by atoms with Crippen LogP contribution in [0.25, 0.3) is 5.65 Å². The maximum atomic E-state index is 12.4. The molecule has 1 N–H and O–H groups in total. The van der Waals surface area contributed by atoms with Gasteiger partial charge >= 0.3 is 0 Å². The second-order valence-corrected chi connectivity index (χ2v) is 4.92. The van der Waals surface area contributed by atoms with E-state index in [1.807, 2.05) is 13.8 Å².